The molecule has 0 aromatic heterocycles. The number of alkyl halides is 1. The van der Waals surface area contributed by atoms with E-state index in [0.717, 1.165) is 18.4 Å². The molecular formula is C22H41ClO6Si2. The molecule has 0 aliphatic rings. The Hall–Kier alpha value is -0.296. The Balaban J connectivity index is 3.43. The molecule has 31 heavy (non-hydrogen) atoms. The number of aryl methyl sites for hydroxylation is 1. The summed E-state index contributed by atoms with van der Waals surface area (Å²) in [5, 5.41) is -0.229. The first-order chi connectivity index (χ1) is 15.0. The van der Waals surface area contributed by atoms with E-state index in [9.17, 15) is 0 Å². The number of benzene rings is 1. The second kappa shape index (κ2) is 15.5. The van der Waals surface area contributed by atoms with E-state index in [2.05, 4.69) is 24.3 Å². The standard InChI is InChI=1S/C22H41ClO6Si2/c1-7-24-30(25-8-2,26-9-3)22(31(27-10-4,28-11-5)29-12-6)18-17-20-13-15-21(19-23)16-14-20/h13-16,22H,7-12,17-19H2,1-6H3. The van der Waals surface area contributed by atoms with Crippen LogP contribution < -0.4 is 0 Å². The second-order valence-corrected chi connectivity index (χ2v) is 13.2. The van der Waals surface area contributed by atoms with Crippen molar-refractivity contribution in [2.75, 3.05) is 39.6 Å². The maximum atomic E-state index is 6.31. The highest BCUT2D eigenvalue weighted by molar-refractivity contribution is 6.82. The summed E-state index contributed by atoms with van der Waals surface area (Å²) in [5.74, 6) is 0.507. The second-order valence-electron chi connectivity index (χ2n) is 6.85. The van der Waals surface area contributed by atoms with Gasteiger partial charge in [-0.3, -0.25) is 0 Å². The fraction of sp³-hybridized carbons (Fsp3) is 0.727. The minimum absolute atomic E-state index is 0.229. The number of halogens is 1. The highest BCUT2D eigenvalue weighted by atomic mass is 35.5. The van der Waals surface area contributed by atoms with E-state index in [-0.39, 0.29) is 5.16 Å². The number of rotatable bonds is 18. The van der Waals surface area contributed by atoms with Crippen molar-refractivity contribution in [2.24, 2.45) is 0 Å². The Bertz CT molecular complexity index is 530. The predicted octanol–water partition coefficient (Wildman–Crippen LogP) is 5.36. The molecule has 0 spiro atoms. The summed E-state index contributed by atoms with van der Waals surface area (Å²) in [5.41, 5.74) is 2.31. The van der Waals surface area contributed by atoms with Gasteiger partial charge in [-0.2, -0.15) is 0 Å². The Morgan fingerprint density at radius 2 is 0.935 bits per heavy atom. The van der Waals surface area contributed by atoms with Crippen LogP contribution in [-0.4, -0.2) is 57.3 Å². The molecule has 0 bridgehead atoms. The zero-order valence-electron chi connectivity index (χ0n) is 20.1. The van der Waals surface area contributed by atoms with Gasteiger partial charge in [0.1, 0.15) is 0 Å². The van der Waals surface area contributed by atoms with E-state index < -0.39 is 17.6 Å². The molecular weight excluding hydrogens is 452 g/mol. The molecule has 0 N–H and O–H groups in total. The Morgan fingerprint density at radius 3 is 1.23 bits per heavy atom. The summed E-state index contributed by atoms with van der Waals surface area (Å²) in [4.78, 5) is 0. The third-order valence-corrected chi connectivity index (χ3v) is 13.7. The lowest BCUT2D eigenvalue weighted by molar-refractivity contribution is 0.0314. The SMILES string of the molecule is CCO[Si](OCC)(OCC)C(CCc1ccc(CCl)cc1)[Si](OCC)(OCC)OCC. The van der Waals surface area contributed by atoms with Crippen molar-refractivity contribution in [3.8, 4) is 0 Å². The molecule has 0 atom stereocenters. The van der Waals surface area contributed by atoms with E-state index in [4.69, 9.17) is 38.2 Å². The third-order valence-electron chi connectivity index (χ3n) is 4.83. The van der Waals surface area contributed by atoms with Crippen LogP contribution in [0.4, 0.5) is 0 Å². The van der Waals surface area contributed by atoms with Gasteiger partial charge in [0.2, 0.25) is 0 Å². The first-order valence-electron chi connectivity index (χ1n) is 11.5. The first kappa shape index (κ1) is 28.7. The molecule has 1 rings (SSSR count). The normalized spacial score (nSPS) is 12.6. The van der Waals surface area contributed by atoms with Gasteiger partial charge in [-0.05, 0) is 65.5 Å². The summed E-state index contributed by atoms with van der Waals surface area (Å²) < 4.78 is 37.9. The minimum atomic E-state index is -3.18. The van der Waals surface area contributed by atoms with Crippen LogP contribution in [0.5, 0.6) is 0 Å². The highest BCUT2D eigenvalue weighted by Crippen LogP contribution is 2.40. The van der Waals surface area contributed by atoms with Crippen molar-refractivity contribution < 1.29 is 26.6 Å². The van der Waals surface area contributed by atoms with E-state index >= 15 is 0 Å². The van der Waals surface area contributed by atoms with Crippen molar-refractivity contribution in [2.45, 2.75) is 65.4 Å². The van der Waals surface area contributed by atoms with Crippen LogP contribution in [0.1, 0.15) is 59.1 Å². The number of hydrogen-bond acceptors (Lipinski definition) is 6. The summed E-state index contributed by atoms with van der Waals surface area (Å²) in [7, 11) is -6.36. The lowest BCUT2D eigenvalue weighted by Gasteiger charge is -2.42. The maximum Gasteiger partial charge on any atom is 0.508 e. The van der Waals surface area contributed by atoms with Crippen molar-refractivity contribution in [3.05, 3.63) is 35.4 Å². The van der Waals surface area contributed by atoms with Crippen molar-refractivity contribution >= 4 is 29.2 Å². The van der Waals surface area contributed by atoms with Gasteiger partial charge < -0.3 is 26.6 Å². The summed E-state index contributed by atoms with van der Waals surface area (Å²) >= 11 is 5.95. The van der Waals surface area contributed by atoms with Crippen LogP contribution in [0.15, 0.2) is 24.3 Å². The van der Waals surface area contributed by atoms with Crippen molar-refractivity contribution in [1.82, 2.24) is 0 Å². The first-order valence-corrected chi connectivity index (χ1v) is 15.6. The molecule has 1 aromatic rings. The summed E-state index contributed by atoms with van der Waals surface area (Å²) in [6, 6.07) is 8.36. The van der Waals surface area contributed by atoms with Crippen LogP contribution in [-0.2, 0) is 38.9 Å². The predicted molar refractivity (Wildman–Crippen MR) is 129 cm³/mol. The third kappa shape index (κ3) is 8.21. The summed E-state index contributed by atoms with van der Waals surface area (Å²) in [6.07, 6.45) is 1.52. The van der Waals surface area contributed by atoms with Gasteiger partial charge in [0, 0.05) is 45.5 Å². The fourth-order valence-electron chi connectivity index (χ4n) is 3.74. The smallest absolute Gasteiger partial charge is 0.374 e. The van der Waals surface area contributed by atoms with Gasteiger partial charge in [-0.1, -0.05) is 24.3 Å². The average Bonchev–Trinajstić information content (AvgIpc) is 2.75. The lowest BCUT2D eigenvalue weighted by Crippen LogP contribution is -2.64. The molecule has 0 amide bonds. The molecule has 0 aliphatic carbocycles. The molecule has 6 nitrogen and oxygen atoms in total. The largest absolute Gasteiger partial charge is 0.508 e. The molecule has 180 valence electrons. The van der Waals surface area contributed by atoms with Crippen LogP contribution in [0.3, 0.4) is 0 Å². The Labute approximate surface area is 196 Å². The molecule has 0 saturated carbocycles. The average molecular weight is 493 g/mol. The van der Waals surface area contributed by atoms with Gasteiger partial charge in [-0.25, -0.2) is 0 Å². The molecule has 0 saturated heterocycles. The molecule has 0 fully saturated rings. The van der Waals surface area contributed by atoms with E-state index in [1.54, 1.807) is 0 Å². The van der Waals surface area contributed by atoms with Gasteiger partial charge in [0.05, 0.1) is 5.16 Å². The van der Waals surface area contributed by atoms with E-state index in [1.807, 2.05) is 41.5 Å². The van der Waals surface area contributed by atoms with Crippen LogP contribution in [0, 0.1) is 0 Å². The highest BCUT2D eigenvalue weighted by Gasteiger charge is 2.65. The molecule has 0 unspecified atom stereocenters. The van der Waals surface area contributed by atoms with Gasteiger partial charge >= 0.3 is 17.6 Å². The Kier molecular flexibility index (Phi) is 14.4. The number of hydrogen-bond donors (Lipinski definition) is 0. The summed E-state index contributed by atoms with van der Waals surface area (Å²) in [6.45, 7) is 14.7. The molecule has 0 aliphatic heterocycles. The topological polar surface area (TPSA) is 55.4 Å². The minimum Gasteiger partial charge on any atom is -0.374 e. The monoisotopic (exact) mass is 492 g/mol. The van der Waals surface area contributed by atoms with Gasteiger partial charge in [0.15, 0.2) is 0 Å². The van der Waals surface area contributed by atoms with Crippen LogP contribution in [0.25, 0.3) is 0 Å². The van der Waals surface area contributed by atoms with Crippen molar-refractivity contribution in [3.63, 3.8) is 0 Å². The lowest BCUT2D eigenvalue weighted by atomic mass is 10.1. The van der Waals surface area contributed by atoms with Gasteiger partial charge in [0.25, 0.3) is 0 Å². The van der Waals surface area contributed by atoms with Crippen LogP contribution in [0.2, 0.25) is 5.16 Å². The quantitative estimate of drug-likeness (QED) is 0.203. The molecule has 0 radical (unpaired) electrons. The van der Waals surface area contributed by atoms with Crippen LogP contribution >= 0.6 is 11.6 Å². The van der Waals surface area contributed by atoms with E-state index in [1.165, 1.54) is 5.56 Å². The molecule has 0 heterocycles. The van der Waals surface area contributed by atoms with Crippen molar-refractivity contribution in [1.29, 1.82) is 0 Å². The zero-order valence-corrected chi connectivity index (χ0v) is 22.8. The fourth-order valence-corrected chi connectivity index (χ4v) is 12.3. The molecule has 1 aromatic carbocycles. The maximum absolute atomic E-state index is 6.31. The van der Waals surface area contributed by atoms with Gasteiger partial charge in [-0.15, -0.1) is 11.6 Å². The zero-order chi connectivity index (χ0) is 23.2. The Morgan fingerprint density at radius 1 is 0.613 bits per heavy atom. The molecule has 9 heteroatoms. The van der Waals surface area contributed by atoms with E-state index in [0.29, 0.717) is 45.5 Å².